The van der Waals surface area contributed by atoms with Crippen molar-refractivity contribution in [2.75, 3.05) is 0 Å². The normalized spacial score (nSPS) is 13.7. The van der Waals surface area contributed by atoms with Gasteiger partial charge in [-0.15, -0.1) is 11.4 Å². The minimum atomic E-state index is -0.865. The van der Waals surface area contributed by atoms with E-state index in [0.29, 0.717) is 5.56 Å². The molecule has 2 heterocycles. The number of allylic oxidation sites excluding steroid dienone is 2. The predicted molar refractivity (Wildman–Crippen MR) is 162 cm³/mol. The first kappa shape index (κ1) is 27.0. The number of aliphatic hydroxyl groups is 2. The van der Waals surface area contributed by atoms with Crippen molar-refractivity contribution in [2.45, 2.75) is 6.10 Å². The van der Waals surface area contributed by atoms with E-state index in [1.54, 1.807) is 12.4 Å². The van der Waals surface area contributed by atoms with Crippen molar-refractivity contribution in [3.63, 3.8) is 0 Å². The molecule has 2 N–H and O–H groups in total. The number of fused-ring (bicyclic) bond motifs is 5. The van der Waals surface area contributed by atoms with Crippen molar-refractivity contribution in [3.05, 3.63) is 160 Å². The van der Waals surface area contributed by atoms with E-state index in [4.69, 9.17) is 0 Å². The van der Waals surface area contributed by atoms with Gasteiger partial charge in [-0.05, 0) is 55.8 Å². The molecule has 0 bridgehead atoms. The third kappa shape index (κ3) is 5.73. The Bertz CT molecular complexity index is 1860. The molecule has 5 aromatic carbocycles. The van der Waals surface area contributed by atoms with Crippen molar-refractivity contribution in [2.24, 2.45) is 0 Å². The van der Waals surface area contributed by atoms with E-state index in [0.717, 1.165) is 48.9 Å². The van der Waals surface area contributed by atoms with Crippen molar-refractivity contribution >= 4 is 50.8 Å². The van der Waals surface area contributed by atoms with E-state index >= 15 is 0 Å². The van der Waals surface area contributed by atoms with Crippen LogP contribution in [0.1, 0.15) is 17.2 Å². The zero-order valence-corrected chi connectivity index (χ0v) is 22.4. The van der Waals surface area contributed by atoms with Crippen LogP contribution in [0.3, 0.4) is 0 Å². The molecule has 2 aliphatic rings. The van der Waals surface area contributed by atoms with Crippen molar-refractivity contribution in [1.29, 1.82) is 0 Å². The van der Waals surface area contributed by atoms with Gasteiger partial charge >= 0.3 is 17.1 Å². The summed E-state index contributed by atoms with van der Waals surface area (Å²) < 4.78 is 0. The summed E-state index contributed by atoms with van der Waals surface area (Å²) in [7, 11) is 0. The van der Waals surface area contributed by atoms with Gasteiger partial charge in [0.25, 0.3) is 0 Å². The summed E-state index contributed by atoms with van der Waals surface area (Å²) in [6, 6.07) is 31.7. The first-order valence-corrected chi connectivity index (χ1v) is 12.8. The molecule has 2 aliphatic heterocycles. The summed E-state index contributed by atoms with van der Waals surface area (Å²) in [5.74, 6) is 0.0754. The van der Waals surface area contributed by atoms with E-state index in [2.05, 4.69) is 34.9 Å². The second kappa shape index (κ2) is 12.1. The van der Waals surface area contributed by atoms with Gasteiger partial charge in [-0.3, -0.25) is 0 Å². The smallest absolute Gasteiger partial charge is 0.665 e. The summed E-state index contributed by atoms with van der Waals surface area (Å²) in [5, 5.41) is 36.3. The molecule has 4 nitrogen and oxygen atoms in total. The average molecular weight is 570 g/mol. The van der Waals surface area contributed by atoms with E-state index in [-0.39, 0.29) is 22.8 Å². The minimum absolute atomic E-state index is 0. The van der Waals surface area contributed by atoms with Crippen LogP contribution in [0, 0.1) is 0 Å². The predicted octanol–water partition coefficient (Wildman–Crippen LogP) is 7.94. The van der Waals surface area contributed by atoms with Crippen molar-refractivity contribution in [3.8, 4) is 0 Å². The van der Waals surface area contributed by atoms with Gasteiger partial charge in [-0.1, -0.05) is 109 Å². The largest absolute Gasteiger partial charge is 2.00 e. The van der Waals surface area contributed by atoms with E-state index in [1.165, 1.54) is 6.08 Å². The molecule has 0 aliphatic carbocycles. The number of aliphatic hydroxyl groups excluding tert-OH is 2. The third-order valence-electron chi connectivity index (χ3n) is 6.82. The zero-order valence-electron chi connectivity index (χ0n) is 21.4. The average Bonchev–Trinajstić information content (AvgIpc) is 3.00. The van der Waals surface area contributed by atoms with Gasteiger partial charge < -0.3 is 20.8 Å². The Morgan fingerprint density at radius 2 is 1.15 bits per heavy atom. The van der Waals surface area contributed by atoms with E-state index in [1.807, 2.05) is 97.1 Å². The summed E-state index contributed by atoms with van der Waals surface area (Å²) in [5.41, 5.74) is 3.40. The first-order valence-electron chi connectivity index (χ1n) is 12.8. The van der Waals surface area contributed by atoms with Crippen LogP contribution >= 0.6 is 0 Å². The molecule has 1 unspecified atom stereocenters. The van der Waals surface area contributed by atoms with Crippen LogP contribution in [-0.2, 0) is 17.1 Å². The fraction of sp³-hybridized carbons (Fsp3) is 0.0286. The molecular weight excluding hydrogens is 544 g/mol. The van der Waals surface area contributed by atoms with Crippen molar-refractivity contribution in [1.82, 2.24) is 0 Å². The van der Waals surface area contributed by atoms with Crippen LogP contribution < -0.4 is 10.4 Å². The van der Waals surface area contributed by atoms with Gasteiger partial charge in [-0.25, -0.2) is 0 Å². The molecule has 5 heteroatoms. The van der Waals surface area contributed by atoms with Crippen molar-refractivity contribution < 1.29 is 27.3 Å². The van der Waals surface area contributed by atoms with Crippen LogP contribution in [0.4, 0.5) is 11.4 Å². The molecule has 0 aromatic heterocycles. The summed E-state index contributed by atoms with van der Waals surface area (Å²) in [6.07, 6.45) is 12.2. The van der Waals surface area contributed by atoms with Crippen LogP contribution in [0.15, 0.2) is 128 Å². The molecular formula is C35H26CuN2O2. The maximum atomic E-state index is 10.5. The summed E-state index contributed by atoms with van der Waals surface area (Å²) in [4.78, 5) is 0. The molecule has 40 heavy (non-hydrogen) atoms. The minimum Gasteiger partial charge on any atom is -0.665 e. The number of rotatable bonds is 3. The quantitative estimate of drug-likeness (QED) is 0.171. The molecule has 5 aromatic rings. The fourth-order valence-corrected chi connectivity index (χ4v) is 4.76. The molecule has 0 spiro atoms. The van der Waals surface area contributed by atoms with Gasteiger partial charge in [-0.2, -0.15) is 12.4 Å². The Balaban J connectivity index is 0.000000182. The first-order chi connectivity index (χ1) is 19.2. The molecule has 0 amide bonds. The number of hydrogen-bond acceptors (Lipinski definition) is 2. The number of nitrogens with zero attached hydrogens (tertiary/aromatic N) is 2. The number of hydrogen-bond donors (Lipinski definition) is 2. The summed E-state index contributed by atoms with van der Waals surface area (Å²) >= 11 is 0. The molecule has 1 atom stereocenters. The van der Waals surface area contributed by atoms with Gasteiger partial charge in [0.05, 0.1) is 0 Å². The molecule has 7 rings (SSSR count). The van der Waals surface area contributed by atoms with Gasteiger partial charge in [0.2, 0.25) is 0 Å². The standard InChI is InChI=1S/C23H18O2.C12H8N2.Cu/c24-22(20-11-9-16-5-1-3-7-18(16)13-20)15-23(25)21-12-10-17-6-2-4-8-19(17)14-21;1-3-9-5-6-10-4-2-8-14-12(10)11(9)13-7-1;/h1-15,22,24-25H;1-8H;/q;-2;+2/b23-15-;;. The molecule has 0 saturated carbocycles. The fourth-order valence-electron chi connectivity index (χ4n) is 4.76. The van der Waals surface area contributed by atoms with Crippen LogP contribution in [-0.4, -0.2) is 10.2 Å². The SMILES string of the molecule is C1=C[N-]c2c3c(ccc2=C1)=CC=C[N-]3.O/C(=C\C(O)c1ccc2ccccc2c1)c1ccc2ccccc2c1.[Cu+2]. The van der Waals surface area contributed by atoms with Gasteiger partial charge in [0, 0.05) is 5.56 Å². The van der Waals surface area contributed by atoms with Crippen LogP contribution in [0.25, 0.3) is 50.1 Å². The van der Waals surface area contributed by atoms with E-state index < -0.39 is 6.10 Å². The Kier molecular flexibility index (Phi) is 8.18. The van der Waals surface area contributed by atoms with Crippen LogP contribution in [0.2, 0.25) is 0 Å². The monoisotopic (exact) mass is 569 g/mol. The number of benzene rings is 5. The molecule has 0 fully saturated rings. The maximum absolute atomic E-state index is 10.5. The second-order valence-corrected chi connectivity index (χ2v) is 9.38. The Morgan fingerprint density at radius 1 is 0.625 bits per heavy atom. The maximum Gasteiger partial charge on any atom is 2.00 e. The Morgan fingerprint density at radius 3 is 1.75 bits per heavy atom. The topological polar surface area (TPSA) is 68.7 Å². The summed E-state index contributed by atoms with van der Waals surface area (Å²) in [6.45, 7) is 0. The zero-order chi connectivity index (χ0) is 26.6. The van der Waals surface area contributed by atoms with Crippen LogP contribution in [0.5, 0.6) is 0 Å². The van der Waals surface area contributed by atoms with Gasteiger partial charge in [0.1, 0.15) is 11.9 Å². The third-order valence-corrected chi connectivity index (χ3v) is 6.82. The molecule has 1 radical (unpaired) electrons. The van der Waals surface area contributed by atoms with Gasteiger partial charge in [0.15, 0.2) is 0 Å². The Hall–Kier alpha value is -4.54. The second-order valence-electron chi connectivity index (χ2n) is 9.38. The Labute approximate surface area is 243 Å². The van der Waals surface area contributed by atoms with E-state index in [9.17, 15) is 10.2 Å². The molecule has 199 valence electrons. The molecule has 0 saturated heterocycles.